The van der Waals surface area contributed by atoms with E-state index in [1.807, 2.05) is 24.3 Å². The van der Waals surface area contributed by atoms with Gasteiger partial charge in [0.25, 0.3) is 5.69 Å². The van der Waals surface area contributed by atoms with E-state index in [0.717, 1.165) is 18.4 Å². The number of amides is 1. The average Bonchev–Trinajstić information content (AvgIpc) is 2.63. The number of ether oxygens (including phenoxy) is 1. The lowest BCUT2D eigenvalue weighted by molar-refractivity contribution is -0.384. The maximum atomic E-state index is 11.9. The minimum atomic E-state index is -0.478. The highest BCUT2D eigenvalue weighted by Crippen LogP contribution is 2.16. The number of nitrogens with one attached hydrogen (secondary N) is 1. The number of carbonyl (C=O) groups excluding carboxylic acids is 1. The van der Waals surface area contributed by atoms with Gasteiger partial charge in [0.2, 0.25) is 5.91 Å². The number of non-ortho nitro benzene ring substituents is 1. The molecule has 2 rings (SSSR count). The first kappa shape index (κ1) is 19.1. The fourth-order valence-corrected chi connectivity index (χ4v) is 2.18. The highest BCUT2D eigenvalue weighted by molar-refractivity contribution is 5.85. The fraction of sp³-hybridized carbons (Fsp3) is 0.263. The summed E-state index contributed by atoms with van der Waals surface area (Å²) < 4.78 is 5.70. The molecule has 0 saturated heterocycles. The van der Waals surface area contributed by atoms with E-state index in [9.17, 15) is 14.9 Å². The summed E-state index contributed by atoms with van der Waals surface area (Å²) >= 11 is 0. The van der Waals surface area contributed by atoms with Crippen molar-refractivity contribution in [3.8, 4) is 5.75 Å². The smallest absolute Gasteiger partial charge is 0.269 e. The van der Waals surface area contributed by atoms with Gasteiger partial charge in [-0.3, -0.25) is 14.9 Å². The van der Waals surface area contributed by atoms with Crippen LogP contribution in [0.1, 0.15) is 30.9 Å². The third-order valence-corrected chi connectivity index (χ3v) is 3.58. The minimum absolute atomic E-state index is 0.00754. The Labute approximate surface area is 151 Å². The second kappa shape index (κ2) is 9.93. The van der Waals surface area contributed by atoms with Gasteiger partial charge in [-0.15, -0.1) is 0 Å². The Balaban J connectivity index is 1.89. The van der Waals surface area contributed by atoms with Crippen LogP contribution in [0.15, 0.2) is 53.6 Å². The summed E-state index contributed by atoms with van der Waals surface area (Å²) in [5.74, 6) is 0.411. The largest absolute Gasteiger partial charge is 0.493 e. The average molecular weight is 355 g/mol. The molecular weight excluding hydrogens is 334 g/mol. The van der Waals surface area contributed by atoms with Crippen LogP contribution >= 0.6 is 0 Å². The number of benzene rings is 2. The van der Waals surface area contributed by atoms with Crippen LogP contribution in [0.4, 0.5) is 5.69 Å². The Kier molecular flexibility index (Phi) is 7.30. The number of unbranched alkanes of at least 4 members (excludes halogenated alkanes) is 1. The van der Waals surface area contributed by atoms with Gasteiger partial charge >= 0.3 is 0 Å². The van der Waals surface area contributed by atoms with Gasteiger partial charge in [-0.1, -0.05) is 37.6 Å². The summed E-state index contributed by atoms with van der Waals surface area (Å²) in [6, 6.07) is 13.3. The third-order valence-electron chi connectivity index (χ3n) is 3.58. The molecule has 0 aromatic heterocycles. The van der Waals surface area contributed by atoms with Crippen molar-refractivity contribution in [2.45, 2.75) is 26.2 Å². The summed E-state index contributed by atoms with van der Waals surface area (Å²) in [7, 11) is 0. The molecule has 2 aromatic rings. The Morgan fingerprint density at radius 3 is 2.65 bits per heavy atom. The van der Waals surface area contributed by atoms with Gasteiger partial charge in [0.1, 0.15) is 5.75 Å². The molecule has 26 heavy (non-hydrogen) atoms. The lowest BCUT2D eigenvalue weighted by Gasteiger charge is -2.08. The predicted octanol–water partition coefficient (Wildman–Crippen LogP) is 3.47. The topological polar surface area (TPSA) is 93.8 Å². The third kappa shape index (κ3) is 6.01. The van der Waals surface area contributed by atoms with Crippen LogP contribution in [-0.4, -0.2) is 23.7 Å². The number of nitro benzene ring substituents is 1. The first-order valence-corrected chi connectivity index (χ1v) is 8.37. The van der Waals surface area contributed by atoms with Crippen LogP contribution in [-0.2, 0) is 11.2 Å². The molecule has 0 spiro atoms. The standard InChI is InChI=1S/C19H21N3O4/c1-2-3-12-26-18-7-5-4-6-16(18)14-20-21-19(23)13-15-8-10-17(11-9-15)22(24)25/h4-11,14H,2-3,12-13H2,1H3,(H,21,23)/b20-14+. The molecular formula is C19H21N3O4. The zero-order chi connectivity index (χ0) is 18.8. The Morgan fingerprint density at radius 1 is 1.23 bits per heavy atom. The SMILES string of the molecule is CCCCOc1ccccc1/C=N/NC(=O)Cc1ccc([N+](=O)[O-])cc1. The molecule has 1 N–H and O–H groups in total. The minimum Gasteiger partial charge on any atom is -0.493 e. The number of nitro groups is 1. The highest BCUT2D eigenvalue weighted by Gasteiger charge is 2.07. The molecule has 7 heteroatoms. The van der Waals surface area contributed by atoms with Crippen molar-refractivity contribution in [3.05, 3.63) is 69.8 Å². The predicted molar refractivity (Wildman–Crippen MR) is 99.4 cm³/mol. The molecule has 7 nitrogen and oxygen atoms in total. The lowest BCUT2D eigenvalue weighted by atomic mass is 10.1. The second-order valence-corrected chi connectivity index (χ2v) is 5.63. The Hall–Kier alpha value is -3.22. The van der Waals surface area contributed by atoms with Crippen LogP contribution < -0.4 is 10.2 Å². The van der Waals surface area contributed by atoms with Crippen LogP contribution in [0.5, 0.6) is 5.75 Å². The van der Waals surface area contributed by atoms with Crippen molar-refractivity contribution in [3.63, 3.8) is 0 Å². The van der Waals surface area contributed by atoms with Crippen molar-refractivity contribution < 1.29 is 14.5 Å². The van der Waals surface area contributed by atoms with Gasteiger partial charge in [0.15, 0.2) is 0 Å². The number of hydrazone groups is 1. The molecule has 0 saturated carbocycles. The van der Waals surface area contributed by atoms with Gasteiger partial charge in [0, 0.05) is 17.7 Å². The molecule has 0 aliphatic rings. The maximum Gasteiger partial charge on any atom is 0.269 e. The molecule has 0 bridgehead atoms. The van der Waals surface area contributed by atoms with E-state index in [-0.39, 0.29) is 18.0 Å². The van der Waals surface area contributed by atoms with E-state index in [4.69, 9.17) is 4.74 Å². The molecule has 0 heterocycles. The Morgan fingerprint density at radius 2 is 1.96 bits per heavy atom. The first-order chi connectivity index (χ1) is 12.6. The zero-order valence-corrected chi connectivity index (χ0v) is 14.6. The highest BCUT2D eigenvalue weighted by atomic mass is 16.6. The van der Waals surface area contributed by atoms with Crippen molar-refractivity contribution in [1.29, 1.82) is 0 Å². The van der Waals surface area contributed by atoms with E-state index in [1.165, 1.54) is 18.3 Å². The van der Waals surface area contributed by atoms with E-state index in [0.29, 0.717) is 17.9 Å². The van der Waals surface area contributed by atoms with E-state index < -0.39 is 4.92 Å². The molecule has 0 fully saturated rings. The second-order valence-electron chi connectivity index (χ2n) is 5.63. The maximum absolute atomic E-state index is 11.9. The van der Waals surface area contributed by atoms with E-state index in [2.05, 4.69) is 17.5 Å². The van der Waals surface area contributed by atoms with Crippen LogP contribution in [0, 0.1) is 10.1 Å². The van der Waals surface area contributed by atoms with E-state index >= 15 is 0 Å². The van der Waals surface area contributed by atoms with Gasteiger partial charge in [0.05, 0.1) is 24.2 Å². The van der Waals surface area contributed by atoms with E-state index in [1.54, 1.807) is 12.1 Å². The normalized spacial score (nSPS) is 10.7. The van der Waals surface area contributed by atoms with Crippen LogP contribution in [0.25, 0.3) is 0 Å². The summed E-state index contributed by atoms with van der Waals surface area (Å²) in [5.41, 5.74) is 3.89. The molecule has 1 amide bonds. The Bertz CT molecular complexity index is 773. The number of carbonyl (C=O) groups is 1. The molecule has 2 aromatic carbocycles. The molecule has 0 aliphatic carbocycles. The monoisotopic (exact) mass is 355 g/mol. The number of para-hydroxylation sites is 1. The number of rotatable bonds is 9. The summed E-state index contributed by atoms with van der Waals surface area (Å²) in [6.45, 7) is 2.73. The quantitative estimate of drug-likeness (QED) is 0.322. The number of hydrogen-bond acceptors (Lipinski definition) is 5. The molecule has 0 unspecified atom stereocenters. The molecule has 136 valence electrons. The van der Waals surface area contributed by atoms with Crippen LogP contribution in [0.2, 0.25) is 0 Å². The molecule has 0 aliphatic heterocycles. The van der Waals surface area contributed by atoms with Crippen molar-refractivity contribution in [2.24, 2.45) is 5.10 Å². The van der Waals surface area contributed by atoms with Gasteiger partial charge in [-0.25, -0.2) is 5.43 Å². The fourth-order valence-electron chi connectivity index (χ4n) is 2.18. The number of nitrogens with zero attached hydrogens (tertiary/aromatic N) is 2. The van der Waals surface area contributed by atoms with Crippen molar-refractivity contribution >= 4 is 17.8 Å². The van der Waals surface area contributed by atoms with Crippen molar-refractivity contribution in [2.75, 3.05) is 6.61 Å². The summed E-state index contributed by atoms with van der Waals surface area (Å²) in [5, 5.41) is 14.6. The lowest BCUT2D eigenvalue weighted by Crippen LogP contribution is -2.19. The molecule has 0 radical (unpaired) electrons. The summed E-state index contributed by atoms with van der Waals surface area (Å²) in [4.78, 5) is 22.1. The first-order valence-electron chi connectivity index (χ1n) is 8.37. The van der Waals surface area contributed by atoms with Crippen LogP contribution in [0.3, 0.4) is 0 Å². The van der Waals surface area contributed by atoms with Gasteiger partial charge < -0.3 is 4.74 Å². The van der Waals surface area contributed by atoms with Crippen molar-refractivity contribution in [1.82, 2.24) is 5.43 Å². The van der Waals surface area contributed by atoms with Gasteiger partial charge in [-0.2, -0.15) is 5.10 Å². The number of hydrogen-bond donors (Lipinski definition) is 1. The zero-order valence-electron chi connectivity index (χ0n) is 14.6. The summed E-state index contributed by atoms with van der Waals surface area (Å²) in [6.07, 6.45) is 3.64. The molecule has 0 atom stereocenters. The van der Waals surface area contributed by atoms with Gasteiger partial charge in [-0.05, 0) is 24.1 Å².